The number of furan rings is 1. The number of nitrogens with zero attached hydrogens (tertiary/aromatic N) is 5. The van der Waals surface area contributed by atoms with Crippen LogP contribution in [0.25, 0.3) is 4.96 Å². The van der Waals surface area contributed by atoms with Gasteiger partial charge in [0, 0.05) is 37.9 Å². The molecule has 0 bridgehead atoms. The van der Waals surface area contributed by atoms with Crippen LogP contribution >= 0.6 is 11.3 Å². The van der Waals surface area contributed by atoms with Crippen LogP contribution in [0.1, 0.15) is 16.2 Å². The summed E-state index contributed by atoms with van der Waals surface area (Å²) in [6, 6.07) is 4.84. The summed E-state index contributed by atoms with van der Waals surface area (Å²) in [4.78, 5) is 33.0. The third-order valence-electron chi connectivity index (χ3n) is 3.93. The van der Waals surface area contributed by atoms with Crippen LogP contribution in [0, 0.1) is 6.92 Å². The number of aryl methyl sites for hydroxylation is 1. The molecule has 0 saturated carbocycles. The van der Waals surface area contributed by atoms with E-state index in [1.54, 1.807) is 24.0 Å². The maximum Gasteiger partial charge on any atom is 0.289 e. The highest BCUT2D eigenvalue weighted by atomic mass is 32.1. The predicted molar refractivity (Wildman–Crippen MR) is 88.7 cm³/mol. The van der Waals surface area contributed by atoms with Crippen molar-refractivity contribution in [2.24, 2.45) is 0 Å². The van der Waals surface area contributed by atoms with E-state index in [4.69, 9.17) is 4.42 Å². The summed E-state index contributed by atoms with van der Waals surface area (Å²) in [6.45, 7) is 4.26. The van der Waals surface area contributed by atoms with Gasteiger partial charge in [0.05, 0.1) is 6.26 Å². The van der Waals surface area contributed by atoms with Crippen molar-refractivity contribution in [2.75, 3.05) is 31.1 Å². The minimum absolute atomic E-state index is 0.0996. The summed E-state index contributed by atoms with van der Waals surface area (Å²) in [6.07, 6.45) is 1.50. The molecule has 0 atom stereocenters. The highest BCUT2D eigenvalue weighted by molar-refractivity contribution is 7.20. The van der Waals surface area contributed by atoms with Crippen LogP contribution in [-0.4, -0.2) is 51.6 Å². The molecule has 1 fully saturated rings. The van der Waals surface area contributed by atoms with Crippen LogP contribution in [0.3, 0.4) is 0 Å². The Morgan fingerprint density at radius 3 is 2.79 bits per heavy atom. The molecular weight excluding hydrogens is 330 g/mol. The molecule has 3 aromatic heterocycles. The summed E-state index contributed by atoms with van der Waals surface area (Å²) in [5, 5.41) is 5.11. The fourth-order valence-electron chi connectivity index (χ4n) is 2.70. The van der Waals surface area contributed by atoms with Crippen molar-refractivity contribution in [1.82, 2.24) is 19.5 Å². The third kappa shape index (κ3) is 2.56. The van der Waals surface area contributed by atoms with Gasteiger partial charge in [0.1, 0.15) is 0 Å². The number of fused-ring (bicyclic) bond motifs is 1. The van der Waals surface area contributed by atoms with Crippen LogP contribution in [0.2, 0.25) is 0 Å². The number of piperazine rings is 1. The molecule has 9 heteroatoms. The summed E-state index contributed by atoms with van der Waals surface area (Å²) in [7, 11) is 0. The van der Waals surface area contributed by atoms with Crippen molar-refractivity contribution in [3.8, 4) is 0 Å². The molecule has 4 heterocycles. The number of carbonyl (C=O) groups is 1. The second-order valence-electron chi connectivity index (χ2n) is 5.57. The average Bonchev–Trinajstić information content (AvgIpc) is 3.24. The first-order valence-corrected chi connectivity index (χ1v) is 8.39. The van der Waals surface area contributed by atoms with Gasteiger partial charge in [-0.15, -0.1) is 5.10 Å². The minimum atomic E-state index is -0.174. The van der Waals surface area contributed by atoms with Gasteiger partial charge in [0.2, 0.25) is 10.1 Å². The topological polar surface area (TPSA) is 84.0 Å². The van der Waals surface area contributed by atoms with Crippen molar-refractivity contribution in [1.29, 1.82) is 0 Å². The number of rotatable bonds is 2. The quantitative estimate of drug-likeness (QED) is 0.689. The number of carbonyl (C=O) groups excluding carboxylic acids is 1. The minimum Gasteiger partial charge on any atom is -0.459 e. The first-order chi connectivity index (χ1) is 11.6. The van der Waals surface area contributed by atoms with Gasteiger partial charge in [0.25, 0.3) is 11.5 Å². The Morgan fingerprint density at radius 1 is 1.29 bits per heavy atom. The van der Waals surface area contributed by atoms with E-state index in [0.29, 0.717) is 42.6 Å². The van der Waals surface area contributed by atoms with Crippen molar-refractivity contribution < 1.29 is 9.21 Å². The van der Waals surface area contributed by atoms with E-state index in [1.807, 2.05) is 0 Å². The Labute approximate surface area is 140 Å². The number of hydrogen-bond donors (Lipinski definition) is 0. The van der Waals surface area contributed by atoms with E-state index < -0.39 is 0 Å². The molecule has 24 heavy (non-hydrogen) atoms. The first kappa shape index (κ1) is 14.9. The lowest BCUT2D eigenvalue weighted by atomic mass is 10.3. The van der Waals surface area contributed by atoms with Crippen molar-refractivity contribution in [2.45, 2.75) is 6.92 Å². The Hall–Kier alpha value is -2.68. The summed E-state index contributed by atoms with van der Waals surface area (Å²) >= 11 is 1.38. The molecule has 1 aliphatic heterocycles. The van der Waals surface area contributed by atoms with Crippen LogP contribution in [0.5, 0.6) is 0 Å². The maximum absolute atomic E-state index is 12.3. The Kier molecular flexibility index (Phi) is 3.57. The lowest BCUT2D eigenvalue weighted by Gasteiger charge is -2.33. The molecule has 1 saturated heterocycles. The molecule has 0 N–H and O–H groups in total. The van der Waals surface area contributed by atoms with Crippen molar-refractivity contribution in [3.63, 3.8) is 0 Å². The lowest BCUT2D eigenvalue weighted by Crippen LogP contribution is -2.48. The highest BCUT2D eigenvalue weighted by Crippen LogP contribution is 2.23. The Bertz CT molecular complexity index is 938. The third-order valence-corrected chi connectivity index (χ3v) is 4.90. The molecule has 0 spiro atoms. The van der Waals surface area contributed by atoms with E-state index in [2.05, 4.69) is 15.0 Å². The average molecular weight is 345 g/mol. The molecule has 0 aromatic carbocycles. The Morgan fingerprint density at radius 2 is 2.08 bits per heavy atom. The number of amides is 1. The standard InChI is InChI=1S/C15H15N5O3S/c1-10-9-12(21)20-14(16-10)24-15(17-20)19-6-4-18(5-7-19)13(22)11-3-2-8-23-11/h2-3,8-9H,4-7H2,1H3. The second-order valence-corrected chi connectivity index (χ2v) is 6.51. The molecule has 124 valence electrons. The highest BCUT2D eigenvalue weighted by Gasteiger charge is 2.25. The summed E-state index contributed by atoms with van der Waals surface area (Å²) in [5.41, 5.74) is 0.510. The smallest absolute Gasteiger partial charge is 0.289 e. The fourth-order valence-corrected chi connectivity index (χ4v) is 3.70. The first-order valence-electron chi connectivity index (χ1n) is 7.57. The van der Waals surface area contributed by atoms with Crippen LogP contribution in [0.4, 0.5) is 5.13 Å². The van der Waals surface area contributed by atoms with Gasteiger partial charge in [-0.1, -0.05) is 11.3 Å². The number of aromatic nitrogens is 3. The predicted octanol–water partition coefficient (Wildman–Crippen LogP) is 1.01. The fraction of sp³-hybridized carbons (Fsp3) is 0.333. The summed E-state index contributed by atoms with van der Waals surface area (Å²) < 4.78 is 6.49. The van der Waals surface area contributed by atoms with Gasteiger partial charge in [-0.25, -0.2) is 4.98 Å². The molecule has 1 amide bonds. The molecular formula is C15H15N5O3S. The van der Waals surface area contributed by atoms with E-state index in [9.17, 15) is 9.59 Å². The van der Waals surface area contributed by atoms with E-state index >= 15 is 0 Å². The van der Waals surface area contributed by atoms with Gasteiger partial charge < -0.3 is 14.2 Å². The zero-order chi connectivity index (χ0) is 16.7. The molecule has 8 nitrogen and oxygen atoms in total. The SMILES string of the molecule is Cc1cc(=O)n2nc(N3CCN(C(=O)c4ccco4)CC3)sc2n1. The van der Waals surface area contributed by atoms with Gasteiger partial charge in [-0.05, 0) is 19.1 Å². The van der Waals surface area contributed by atoms with Gasteiger partial charge in [-0.3, -0.25) is 9.59 Å². The lowest BCUT2D eigenvalue weighted by molar-refractivity contribution is 0.0714. The van der Waals surface area contributed by atoms with Gasteiger partial charge in [-0.2, -0.15) is 4.52 Å². The van der Waals surface area contributed by atoms with Gasteiger partial charge >= 0.3 is 0 Å². The van der Waals surface area contributed by atoms with E-state index in [-0.39, 0.29) is 11.5 Å². The zero-order valence-electron chi connectivity index (χ0n) is 13.0. The van der Waals surface area contributed by atoms with Crippen LogP contribution < -0.4 is 10.5 Å². The molecule has 0 radical (unpaired) electrons. The number of hydrogen-bond acceptors (Lipinski definition) is 7. The maximum atomic E-state index is 12.3. The van der Waals surface area contributed by atoms with Gasteiger partial charge in [0.15, 0.2) is 5.76 Å². The van der Waals surface area contributed by atoms with E-state index in [0.717, 1.165) is 5.13 Å². The second kappa shape index (κ2) is 5.75. The number of anilines is 1. The van der Waals surface area contributed by atoms with E-state index in [1.165, 1.54) is 28.2 Å². The van der Waals surface area contributed by atoms with Crippen molar-refractivity contribution >= 4 is 27.3 Å². The Balaban J connectivity index is 1.51. The molecule has 0 aliphatic carbocycles. The van der Waals surface area contributed by atoms with Crippen molar-refractivity contribution in [3.05, 3.63) is 46.3 Å². The monoisotopic (exact) mass is 345 g/mol. The molecule has 4 rings (SSSR count). The largest absolute Gasteiger partial charge is 0.459 e. The normalized spacial score (nSPS) is 15.2. The zero-order valence-corrected chi connectivity index (χ0v) is 13.8. The molecule has 1 aliphatic rings. The molecule has 0 unspecified atom stereocenters. The molecule has 3 aromatic rings. The summed E-state index contributed by atoms with van der Waals surface area (Å²) in [5.74, 6) is 0.257. The van der Waals surface area contributed by atoms with Crippen LogP contribution in [0.15, 0.2) is 33.7 Å². The van der Waals surface area contributed by atoms with Crippen LogP contribution in [-0.2, 0) is 0 Å².